The molecule has 0 saturated carbocycles. The number of rotatable bonds is 2. The summed E-state index contributed by atoms with van der Waals surface area (Å²) < 4.78 is 2.14. The highest BCUT2D eigenvalue weighted by Gasteiger charge is 2.10. The van der Waals surface area contributed by atoms with Crippen LogP contribution in [0.2, 0.25) is 0 Å². The third kappa shape index (κ3) is 1.97. The molecule has 0 radical (unpaired) electrons. The Kier molecular flexibility index (Phi) is 2.75. The standard InChI is InChI=1S/C16H17N3/c1-11-5-4-6-12(9-11)16-18-14-8-7-13(17-2)10-15(14)19(16)3/h4-10,17H,1-3H3. The fourth-order valence-electron chi connectivity index (χ4n) is 2.39. The van der Waals surface area contributed by atoms with Gasteiger partial charge in [0.1, 0.15) is 5.82 Å². The Morgan fingerprint density at radius 2 is 1.95 bits per heavy atom. The highest BCUT2D eigenvalue weighted by Crippen LogP contribution is 2.26. The van der Waals surface area contributed by atoms with Crippen LogP contribution < -0.4 is 5.32 Å². The number of benzene rings is 2. The zero-order valence-corrected chi connectivity index (χ0v) is 11.4. The normalized spacial score (nSPS) is 10.9. The van der Waals surface area contributed by atoms with Crippen molar-refractivity contribution in [2.24, 2.45) is 7.05 Å². The van der Waals surface area contributed by atoms with E-state index in [-0.39, 0.29) is 0 Å². The maximum absolute atomic E-state index is 4.73. The van der Waals surface area contributed by atoms with Crippen molar-refractivity contribution in [3.05, 3.63) is 48.0 Å². The SMILES string of the molecule is CNc1ccc2nc(-c3cccc(C)c3)n(C)c2c1. The third-order valence-corrected chi connectivity index (χ3v) is 3.45. The molecule has 0 spiro atoms. The summed E-state index contributed by atoms with van der Waals surface area (Å²) in [5.74, 6) is 1.01. The van der Waals surface area contributed by atoms with Gasteiger partial charge in [0, 0.05) is 25.3 Å². The summed E-state index contributed by atoms with van der Waals surface area (Å²) in [6, 6.07) is 14.7. The molecule has 0 amide bonds. The molecule has 3 heteroatoms. The van der Waals surface area contributed by atoms with Gasteiger partial charge in [-0.1, -0.05) is 23.8 Å². The van der Waals surface area contributed by atoms with E-state index in [1.807, 2.05) is 7.05 Å². The molecule has 0 atom stereocenters. The zero-order valence-electron chi connectivity index (χ0n) is 11.4. The molecule has 1 aromatic heterocycles. The van der Waals surface area contributed by atoms with E-state index in [0.29, 0.717) is 0 Å². The molecular formula is C16H17N3. The van der Waals surface area contributed by atoms with Gasteiger partial charge in [0.25, 0.3) is 0 Å². The molecule has 0 fully saturated rings. The number of anilines is 1. The van der Waals surface area contributed by atoms with Crippen molar-refractivity contribution in [1.29, 1.82) is 0 Å². The Bertz CT molecular complexity index is 741. The second-order valence-corrected chi connectivity index (χ2v) is 4.82. The minimum absolute atomic E-state index is 1.01. The van der Waals surface area contributed by atoms with Crippen molar-refractivity contribution >= 4 is 16.7 Å². The van der Waals surface area contributed by atoms with Crippen LogP contribution in [-0.2, 0) is 7.05 Å². The van der Waals surface area contributed by atoms with Gasteiger partial charge in [-0.2, -0.15) is 0 Å². The highest BCUT2D eigenvalue weighted by atomic mass is 15.1. The Morgan fingerprint density at radius 1 is 1.11 bits per heavy atom. The number of aryl methyl sites for hydroxylation is 2. The van der Waals surface area contributed by atoms with E-state index in [1.165, 1.54) is 5.56 Å². The van der Waals surface area contributed by atoms with Crippen LogP contribution in [0.3, 0.4) is 0 Å². The van der Waals surface area contributed by atoms with Crippen LogP contribution in [0, 0.1) is 6.92 Å². The van der Waals surface area contributed by atoms with Gasteiger partial charge in [-0.3, -0.25) is 0 Å². The molecule has 1 N–H and O–H groups in total. The van der Waals surface area contributed by atoms with Crippen LogP contribution in [0.15, 0.2) is 42.5 Å². The lowest BCUT2D eigenvalue weighted by Gasteiger charge is -2.04. The fourth-order valence-corrected chi connectivity index (χ4v) is 2.39. The van der Waals surface area contributed by atoms with E-state index >= 15 is 0 Å². The minimum Gasteiger partial charge on any atom is -0.388 e. The molecule has 19 heavy (non-hydrogen) atoms. The van der Waals surface area contributed by atoms with E-state index in [0.717, 1.165) is 28.1 Å². The Hall–Kier alpha value is -2.29. The molecule has 3 rings (SSSR count). The maximum atomic E-state index is 4.73. The summed E-state index contributed by atoms with van der Waals surface area (Å²) in [7, 11) is 3.99. The van der Waals surface area contributed by atoms with Gasteiger partial charge < -0.3 is 9.88 Å². The largest absolute Gasteiger partial charge is 0.388 e. The maximum Gasteiger partial charge on any atom is 0.140 e. The summed E-state index contributed by atoms with van der Waals surface area (Å²) in [6.45, 7) is 2.10. The highest BCUT2D eigenvalue weighted by molar-refractivity contribution is 5.83. The topological polar surface area (TPSA) is 29.9 Å². The predicted octanol–water partition coefficient (Wildman–Crippen LogP) is 3.59. The predicted molar refractivity (Wildman–Crippen MR) is 80.4 cm³/mol. The first-order valence-electron chi connectivity index (χ1n) is 6.40. The van der Waals surface area contributed by atoms with E-state index in [1.54, 1.807) is 0 Å². The number of imidazole rings is 1. The Morgan fingerprint density at radius 3 is 2.68 bits per heavy atom. The van der Waals surface area contributed by atoms with E-state index in [2.05, 4.69) is 66.3 Å². The zero-order chi connectivity index (χ0) is 13.4. The second-order valence-electron chi connectivity index (χ2n) is 4.82. The molecule has 0 bridgehead atoms. The van der Waals surface area contributed by atoms with Crippen molar-refractivity contribution in [1.82, 2.24) is 9.55 Å². The number of aromatic nitrogens is 2. The number of nitrogens with zero attached hydrogens (tertiary/aromatic N) is 2. The van der Waals surface area contributed by atoms with Crippen molar-refractivity contribution < 1.29 is 0 Å². The fraction of sp³-hybridized carbons (Fsp3) is 0.188. The van der Waals surface area contributed by atoms with Gasteiger partial charge >= 0.3 is 0 Å². The lowest BCUT2D eigenvalue weighted by molar-refractivity contribution is 0.959. The summed E-state index contributed by atoms with van der Waals surface area (Å²) in [4.78, 5) is 4.73. The molecule has 0 aliphatic rings. The van der Waals surface area contributed by atoms with E-state index in [4.69, 9.17) is 4.98 Å². The Balaban J connectivity index is 2.22. The van der Waals surface area contributed by atoms with Crippen molar-refractivity contribution in [2.75, 3.05) is 12.4 Å². The average Bonchev–Trinajstić information content (AvgIpc) is 2.76. The van der Waals surface area contributed by atoms with Crippen LogP contribution in [0.1, 0.15) is 5.56 Å². The molecule has 0 aliphatic heterocycles. The number of nitrogens with one attached hydrogen (secondary N) is 1. The Labute approximate surface area is 112 Å². The summed E-state index contributed by atoms with van der Waals surface area (Å²) >= 11 is 0. The van der Waals surface area contributed by atoms with E-state index in [9.17, 15) is 0 Å². The average molecular weight is 251 g/mol. The van der Waals surface area contributed by atoms with Gasteiger partial charge in [0.15, 0.2) is 0 Å². The molecule has 0 unspecified atom stereocenters. The van der Waals surface area contributed by atoms with Gasteiger partial charge in [-0.05, 0) is 31.2 Å². The number of hydrogen-bond acceptors (Lipinski definition) is 2. The van der Waals surface area contributed by atoms with Gasteiger partial charge in [0.05, 0.1) is 11.0 Å². The molecule has 0 aliphatic carbocycles. The van der Waals surface area contributed by atoms with Crippen molar-refractivity contribution in [2.45, 2.75) is 6.92 Å². The van der Waals surface area contributed by atoms with Gasteiger partial charge in [-0.15, -0.1) is 0 Å². The van der Waals surface area contributed by atoms with Crippen molar-refractivity contribution in [3.8, 4) is 11.4 Å². The molecule has 1 heterocycles. The monoisotopic (exact) mass is 251 g/mol. The molecule has 3 aromatic rings. The smallest absolute Gasteiger partial charge is 0.140 e. The van der Waals surface area contributed by atoms with Crippen LogP contribution in [0.4, 0.5) is 5.69 Å². The van der Waals surface area contributed by atoms with E-state index < -0.39 is 0 Å². The summed E-state index contributed by atoms with van der Waals surface area (Å²) in [6.07, 6.45) is 0. The first-order chi connectivity index (χ1) is 9.19. The first-order valence-corrected chi connectivity index (χ1v) is 6.40. The molecule has 3 nitrogen and oxygen atoms in total. The number of fused-ring (bicyclic) bond motifs is 1. The quantitative estimate of drug-likeness (QED) is 0.754. The summed E-state index contributed by atoms with van der Waals surface area (Å²) in [5.41, 5.74) is 5.68. The van der Waals surface area contributed by atoms with Crippen LogP contribution in [-0.4, -0.2) is 16.6 Å². The lowest BCUT2D eigenvalue weighted by Crippen LogP contribution is -1.93. The molecule has 0 saturated heterocycles. The minimum atomic E-state index is 1.01. The molecular weight excluding hydrogens is 234 g/mol. The third-order valence-electron chi connectivity index (χ3n) is 3.45. The van der Waals surface area contributed by atoms with Crippen LogP contribution >= 0.6 is 0 Å². The van der Waals surface area contributed by atoms with Gasteiger partial charge in [0.2, 0.25) is 0 Å². The lowest BCUT2D eigenvalue weighted by atomic mass is 10.1. The molecule has 2 aromatic carbocycles. The first kappa shape index (κ1) is 11.8. The summed E-state index contributed by atoms with van der Waals surface area (Å²) in [5, 5.41) is 3.16. The van der Waals surface area contributed by atoms with Crippen LogP contribution in [0.5, 0.6) is 0 Å². The van der Waals surface area contributed by atoms with Crippen molar-refractivity contribution in [3.63, 3.8) is 0 Å². The molecule has 96 valence electrons. The van der Waals surface area contributed by atoms with Gasteiger partial charge in [-0.25, -0.2) is 4.98 Å². The number of hydrogen-bond donors (Lipinski definition) is 1. The van der Waals surface area contributed by atoms with Crippen LogP contribution in [0.25, 0.3) is 22.4 Å². The second kappa shape index (κ2) is 4.43.